The minimum absolute atomic E-state index is 0.156. The van der Waals surface area contributed by atoms with E-state index in [4.69, 9.17) is 11.6 Å². The van der Waals surface area contributed by atoms with Gasteiger partial charge in [0, 0.05) is 11.6 Å². The monoisotopic (exact) mass is 274 g/mol. The predicted octanol–water partition coefficient (Wildman–Crippen LogP) is 2.07. The van der Waals surface area contributed by atoms with E-state index in [9.17, 15) is 14.7 Å². The van der Waals surface area contributed by atoms with Crippen LogP contribution in [-0.4, -0.2) is 30.2 Å². The molecule has 0 atom stereocenters. The first-order valence-electron chi connectivity index (χ1n) is 6.05. The fourth-order valence-electron chi connectivity index (χ4n) is 2.18. The highest BCUT2D eigenvalue weighted by Crippen LogP contribution is 2.35. The number of carbonyl (C=O) groups is 2. The number of rotatable bonds is 5. The molecule has 0 aromatic heterocycles. The van der Waals surface area contributed by atoms with E-state index in [-0.39, 0.29) is 13.1 Å². The number of amides is 2. The minimum Gasteiger partial charge on any atom is -0.481 e. The van der Waals surface area contributed by atoms with Gasteiger partial charge in [0.05, 0.1) is 12.0 Å². The van der Waals surface area contributed by atoms with Crippen LogP contribution in [0.5, 0.6) is 0 Å². The maximum atomic E-state index is 11.4. The Kier molecular flexibility index (Phi) is 5.47. The fourth-order valence-corrected chi connectivity index (χ4v) is 2.25. The molecule has 0 aromatic carbocycles. The standard InChI is InChI=1S/C12H19ClN2O3/c1-9(13)7-14-11(18)15-8-12(10(16)17)5-3-2-4-6-12/h1-8H2,(H,16,17)(H2,14,15,18). The third kappa shape index (κ3) is 4.22. The van der Waals surface area contributed by atoms with E-state index in [0.717, 1.165) is 19.3 Å². The molecule has 0 unspecified atom stereocenters. The molecule has 1 rings (SSSR count). The Balaban J connectivity index is 2.45. The smallest absolute Gasteiger partial charge is 0.315 e. The van der Waals surface area contributed by atoms with Crippen LogP contribution in [0.4, 0.5) is 4.79 Å². The molecule has 1 aliphatic rings. The lowest BCUT2D eigenvalue weighted by Gasteiger charge is -2.33. The van der Waals surface area contributed by atoms with Gasteiger partial charge < -0.3 is 15.7 Å². The first kappa shape index (κ1) is 14.8. The van der Waals surface area contributed by atoms with Crippen molar-refractivity contribution in [3.05, 3.63) is 11.6 Å². The van der Waals surface area contributed by atoms with Gasteiger partial charge in [-0.1, -0.05) is 37.4 Å². The summed E-state index contributed by atoms with van der Waals surface area (Å²) in [5, 5.41) is 14.7. The molecule has 6 heteroatoms. The topological polar surface area (TPSA) is 78.4 Å². The van der Waals surface area contributed by atoms with Crippen LogP contribution in [0.15, 0.2) is 11.6 Å². The van der Waals surface area contributed by atoms with E-state index in [2.05, 4.69) is 17.2 Å². The molecule has 0 heterocycles. The predicted molar refractivity (Wildman–Crippen MR) is 69.5 cm³/mol. The number of nitrogens with one attached hydrogen (secondary N) is 2. The van der Waals surface area contributed by atoms with Crippen molar-refractivity contribution in [1.29, 1.82) is 0 Å². The Morgan fingerprint density at radius 3 is 2.33 bits per heavy atom. The largest absolute Gasteiger partial charge is 0.481 e. The molecule has 0 radical (unpaired) electrons. The molecule has 0 aliphatic heterocycles. The van der Waals surface area contributed by atoms with E-state index < -0.39 is 17.4 Å². The summed E-state index contributed by atoms with van der Waals surface area (Å²) in [6.07, 6.45) is 4.09. The number of aliphatic carboxylic acids is 1. The second-order valence-electron chi connectivity index (χ2n) is 4.70. The Morgan fingerprint density at radius 2 is 1.83 bits per heavy atom. The summed E-state index contributed by atoms with van der Waals surface area (Å²) in [5.41, 5.74) is -0.812. The Hall–Kier alpha value is -1.23. The van der Waals surface area contributed by atoms with Crippen molar-refractivity contribution in [2.45, 2.75) is 32.1 Å². The van der Waals surface area contributed by atoms with Crippen molar-refractivity contribution in [3.63, 3.8) is 0 Å². The van der Waals surface area contributed by atoms with Gasteiger partial charge >= 0.3 is 12.0 Å². The second-order valence-corrected chi connectivity index (χ2v) is 5.23. The SMILES string of the molecule is C=C(Cl)CNC(=O)NCC1(C(=O)O)CCCCC1. The molecule has 1 saturated carbocycles. The van der Waals surface area contributed by atoms with Crippen LogP contribution in [0, 0.1) is 5.41 Å². The van der Waals surface area contributed by atoms with Crippen LogP contribution >= 0.6 is 11.6 Å². The number of halogens is 1. The van der Waals surface area contributed by atoms with Gasteiger partial charge in [0.2, 0.25) is 0 Å². The van der Waals surface area contributed by atoms with Gasteiger partial charge in [-0.3, -0.25) is 4.79 Å². The van der Waals surface area contributed by atoms with Crippen LogP contribution in [-0.2, 0) is 4.79 Å². The number of hydrogen-bond acceptors (Lipinski definition) is 2. The van der Waals surface area contributed by atoms with Crippen molar-refractivity contribution in [1.82, 2.24) is 10.6 Å². The minimum atomic E-state index is -0.829. The lowest BCUT2D eigenvalue weighted by atomic mass is 9.74. The maximum Gasteiger partial charge on any atom is 0.315 e. The molecule has 2 amide bonds. The van der Waals surface area contributed by atoms with Gasteiger partial charge in [-0.15, -0.1) is 0 Å². The molecule has 3 N–H and O–H groups in total. The van der Waals surface area contributed by atoms with Crippen LogP contribution in [0.2, 0.25) is 0 Å². The molecule has 0 spiro atoms. The molecule has 18 heavy (non-hydrogen) atoms. The van der Waals surface area contributed by atoms with E-state index in [0.29, 0.717) is 17.9 Å². The summed E-state index contributed by atoms with van der Waals surface area (Å²) in [6.45, 7) is 3.78. The van der Waals surface area contributed by atoms with Crippen LogP contribution in [0.25, 0.3) is 0 Å². The zero-order chi connectivity index (χ0) is 13.6. The maximum absolute atomic E-state index is 11.4. The van der Waals surface area contributed by atoms with E-state index >= 15 is 0 Å². The lowest BCUT2D eigenvalue weighted by molar-refractivity contribution is -0.150. The van der Waals surface area contributed by atoms with Crippen molar-refractivity contribution in [3.8, 4) is 0 Å². The van der Waals surface area contributed by atoms with E-state index in [1.54, 1.807) is 0 Å². The van der Waals surface area contributed by atoms with Crippen LogP contribution in [0.1, 0.15) is 32.1 Å². The highest BCUT2D eigenvalue weighted by Gasteiger charge is 2.39. The molecule has 1 fully saturated rings. The fraction of sp³-hybridized carbons (Fsp3) is 0.667. The number of carboxylic acid groups (broad SMARTS) is 1. The van der Waals surface area contributed by atoms with Gasteiger partial charge in [0.1, 0.15) is 0 Å². The van der Waals surface area contributed by atoms with Crippen molar-refractivity contribution < 1.29 is 14.7 Å². The normalized spacial score (nSPS) is 17.8. The first-order chi connectivity index (χ1) is 8.46. The lowest BCUT2D eigenvalue weighted by Crippen LogP contribution is -2.47. The summed E-state index contributed by atoms with van der Waals surface area (Å²) in [5.74, 6) is -0.829. The number of carboxylic acids is 1. The Bertz CT molecular complexity index is 338. The number of carbonyl (C=O) groups excluding carboxylic acids is 1. The summed E-state index contributed by atoms with van der Waals surface area (Å²) in [6, 6.07) is -0.414. The molecular weight excluding hydrogens is 256 g/mol. The van der Waals surface area contributed by atoms with Crippen LogP contribution in [0.3, 0.4) is 0 Å². The average molecular weight is 275 g/mol. The van der Waals surface area contributed by atoms with Crippen molar-refractivity contribution in [2.24, 2.45) is 5.41 Å². The van der Waals surface area contributed by atoms with Gasteiger partial charge in [-0.2, -0.15) is 0 Å². The zero-order valence-electron chi connectivity index (χ0n) is 10.3. The van der Waals surface area contributed by atoms with Crippen molar-refractivity contribution >= 4 is 23.6 Å². The summed E-state index contributed by atoms with van der Waals surface area (Å²) in [4.78, 5) is 22.8. The average Bonchev–Trinajstić information content (AvgIpc) is 2.34. The molecular formula is C12H19ClN2O3. The Labute approximate surface area is 112 Å². The quantitative estimate of drug-likeness (QED) is 0.718. The van der Waals surface area contributed by atoms with Crippen molar-refractivity contribution in [2.75, 3.05) is 13.1 Å². The Morgan fingerprint density at radius 1 is 1.22 bits per heavy atom. The number of hydrogen-bond donors (Lipinski definition) is 3. The molecule has 0 saturated heterocycles. The van der Waals surface area contributed by atoms with Gasteiger partial charge in [-0.25, -0.2) is 4.79 Å². The zero-order valence-corrected chi connectivity index (χ0v) is 11.1. The van der Waals surface area contributed by atoms with Gasteiger partial charge in [0.25, 0.3) is 0 Å². The van der Waals surface area contributed by atoms with Crippen LogP contribution < -0.4 is 10.6 Å². The second kappa shape index (κ2) is 6.64. The van der Waals surface area contributed by atoms with E-state index in [1.165, 1.54) is 0 Å². The molecule has 5 nitrogen and oxygen atoms in total. The summed E-state index contributed by atoms with van der Waals surface area (Å²) >= 11 is 5.52. The molecule has 102 valence electrons. The highest BCUT2D eigenvalue weighted by molar-refractivity contribution is 6.29. The van der Waals surface area contributed by atoms with Gasteiger partial charge in [0.15, 0.2) is 0 Å². The number of urea groups is 1. The highest BCUT2D eigenvalue weighted by atomic mass is 35.5. The summed E-state index contributed by atoms with van der Waals surface area (Å²) in [7, 11) is 0. The first-order valence-corrected chi connectivity index (χ1v) is 6.42. The molecule has 0 aromatic rings. The third-order valence-corrected chi connectivity index (χ3v) is 3.43. The molecule has 0 bridgehead atoms. The van der Waals surface area contributed by atoms with E-state index in [1.807, 2.05) is 0 Å². The molecule has 1 aliphatic carbocycles. The van der Waals surface area contributed by atoms with Gasteiger partial charge in [-0.05, 0) is 12.8 Å². The third-order valence-electron chi connectivity index (χ3n) is 3.29. The summed E-state index contributed by atoms with van der Waals surface area (Å²) < 4.78 is 0.